The first-order valence-corrected chi connectivity index (χ1v) is 5.62. The molecule has 76 valence electrons. The van der Waals surface area contributed by atoms with E-state index in [0.717, 1.165) is 11.3 Å². The molecule has 0 bridgehead atoms. The maximum absolute atomic E-state index is 11.0. The maximum Gasteiger partial charge on any atom is 0.146 e. The van der Waals surface area contributed by atoms with E-state index in [1.165, 1.54) is 0 Å². The van der Waals surface area contributed by atoms with Gasteiger partial charge >= 0.3 is 0 Å². The van der Waals surface area contributed by atoms with Crippen LogP contribution in [0, 0.1) is 6.92 Å². The second-order valence-electron chi connectivity index (χ2n) is 3.04. The number of aryl methyl sites for hydroxylation is 1. The van der Waals surface area contributed by atoms with Gasteiger partial charge in [0.25, 0.3) is 0 Å². The van der Waals surface area contributed by atoms with Gasteiger partial charge in [-0.2, -0.15) is 0 Å². The largest absolute Gasteiger partial charge is 0.493 e. The quantitative estimate of drug-likeness (QED) is 0.758. The van der Waals surface area contributed by atoms with Crippen molar-refractivity contribution in [3.8, 4) is 5.75 Å². The van der Waals surface area contributed by atoms with E-state index in [0.29, 0.717) is 18.4 Å². The standard InChI is InChI=1S/C11H13BrO2/c1-9-4-2-3-5-11(9)14-7-6-10(13)8-12/h2-5H,6-8H2,1H3. The predicted octanol–water partition coefficient (Wildman–Crippen LogP) is 2.73. The van der Waals surface area contributed by atoms with Crippen LogP contribution < -0.4 is 4.74 Å². The lowest BCUT2D eigenvalue weighted by atomic mass is 10.2. The fraction of sp³-hybridized carbons (Fsp3) is 0.364. The van der Waals surface area contributed by atoms with Gasteiger partial charge < -0.3 is 4.74 Å². The summed E-state index contributed by atoms with van der Waals surface area (Å²) in [5, 5.41) is 0.407. The zero-order valence-electron chi connectivity index (χ0n) is 8.13. The predicted molar refractivity (Wildman–Crippen MR) is 60.1 cm³/mol. The lowest BCUT2D eigenvalue weighted by Gasteiger charge is -2.07. The molecule has 0 radical (unpaired) electrons. The van der Waals surface area contributed by atoms with Crippen LogP contribution in [0.1, 0.15) is 12.0 Å². The van der Waals surface area contributed by atoms with Gasteiger partial charge in [0.1, 0.15) is 11.5 Å². The number of ketones is 1. The van der Waals surface area contributed by atoms with Gasteiger partial charge in [0.05, 0.1) is 11.9 Å². The lowest BCUT2D eigenvalue weighted by Crippen LogP contribution is -2.07. The van der Waals surface area contributed by atoms with Gasteiger partial charge in [-0.1, -0.05) is 34.1 Å². The number of carbonyl (C=O) groups is 1. The van der Waals surface area contributed by atoms with E-state index in [2.05, 4.69) is 15.9 Å². The summed E-state index contributed by atoms with van der Waals surface area (Å²) in [6.45, 7) is 2.44. The van der Waals surface area contributed by atoms with Gasteiger partial charge in [-0.15, -0.1) is 0 Å². The van der Waals surface area contributed by atoms with Crippen molar-refractivity contribution in [2.24, 2.45) is 0 Å². The third kappa shape index (κ3) is 3.50. The summed E-state index contributed by atoms with van der Waals surface area (Å²) < 4.78 is 5.47. The molecule has 0 atom stereocenters. The van der Waals surface area contributed by atoms with Gasteiger partial charge in [-0.25, -0.2) is 0 Å². The number of alkyl halides is 1. The van der Waals surface area contributed by atoms with Crippen LogP contribution in [0.15, 0.2) is 24.3 Å². The lowest BCUT2D eigenvalue weighted by molar-refractivity contribution is -0.116. The number of halogens is 1. The number of hydrogen-bond acceptors (Lipinski definition) is 2. The van der Waals surface area contributed by atoms with E-state index >= 15 is 0 Å². The number of ether oxygens (including phenoxy) is 1. The van der Waals surface area contributed by atoms with E-state index in [9.17, 15) is 4.79 Å². The fourth-order valence-electron chi connectivity index (χ4n) is 1.06. The average Bonchev–Trinajstić information content (AvgIpc) is 2.20. The van der Waals surface area contributed by atoms with Crippen LogP contribution in [-0.4, -0.2) is 17.7 Å². The molecule has 14 heavy (non-hydrogen) atoms. The molecule has 0 fully saturated rings. The molecule has 0 aromatic heterocycles. The maximum atomic E-state index is 11.0. The molecule has 0 aliphatic heterocycles. The molecule has 0 saturated heterocycles. The second kappa shape index (κ2) is 5.81. The summed E-state index contributed by atoms with van der Waals surface area (Å²) in [6.07, 6.45) is 0.458. The molecule has 1 aromatic rings. The Hall–Kier alpha value is -0.830. The van der Waals surface area contributed by atoms with Crippen LogP contribution in [0.5, 0.6) is 5.75 Å². The molecule has 0 spiro atoms. The SMILES string of the molecule is Cc1ccccc1OCCC(=O)CBr. The number of hydrogen-bond donors (Lipinski definition) is 0. The van der Waals surface area contributed by atoms with E-state index in [1.807, 2.05) is 31.2 Å². The minimum atomic E-state index is 0.165. The topological polar surface area (TPSA) is 26.3 Å². The van der Waals surface area contributed by atoms with Crippen LogP contribution in [-0.2, 0) is 4.79 Å². The first-order chi connectivity index (χ1) is 6.74. The highest BCUT2D eigenvalue weighted by molar-refractivity contribution is 9.09. The van der Waals surface area contributed by atoms with Gasteiger partial charge in [0, 0.05) is 6.42 Å². The summed E-state index contributed by atoms with van der Waals surface area (Å²) in [6, 6.07) is 7.79. The molecule has 1 aromatic carbocycles. The molecular weight excluding hydrogens is 244 g/mol. The van der Waals surface area contributed by atoms with Crippen molar-refractivity contribution in [1.29, 1.82) is 0 Å². The van der Waals surface area contributed by atoms with Gasteiger partial charge in [-0.05, 0) is 18.6 Å². The molecule has 0 aliphatic rings. The molecule has 0 aliphatic carbocycles. The Morgan fingerprint density at radius 3 is 2.79 bits per heavy atom. The van der Waals surface area contributed by atoms with Gasteiger partial charge in [0.2, 0.25) is 0 Å². The number of rotatable bonds is 5. The Morgan fingerprint density at radius 1 is 1.43 bits per heavy atom. The number of carbonyl (C=O) groups excluding carboxylic acids is 1. The van der Waals surface area contributed by atoms with Crippen molar-refractivity contribution in [3.63, 3.8) is 0 Å². The third-order valence-corrected chi connectivity index (χ3v) is 2.51. The number of Topliss-reactive ketones (excluding diaryl/α,β-unsaturated/α-hetero) is 1. The smallest absolute Gasteiger partial charge is 0.146 e. The highest BCUT2D eigenvalue weighted by Crippen LogP contribution is 2.16. The highest BCUT2D eigenvalue weighted by atomic mass is 79.9. The summed E-state index contributed by atoms with van der Waals surface area (Å²) in [7, 11) is 0. The normalized spacial score (nSPS) is 9.86. The minimum Gasteiger partial charge on any atom is -0.493 e. The first-order valence-electron chi connectivity index (χ1n) is 4.50. The molecule has 0 heterocycles. The van der Waals surface area contributed by atoms with Crippen molar-refractivity contribution in [3.05, 3.63) is 29.8 Å². The van der Waals surface area contributed by atoms with Crippen molar-refractivity contribution in [2.45, 2.75) is 13.3 Å². The Morgan fingerprint density at radius 2 is 2.14 bits per heavy atom. The minimum absolute atomic E-state index is 0.165. The monoisotopic (exact) mass is 256 g/mol. The molecule has 2 nitrogen and oxygen atoms in total. The first kappa shape index (κ1) is 11.2. The van der Waals surface area contributed by atoms with Crippen LogP contribution in [0.2, 0.25) is 0 Å². The van der Waals surface area contributed by atoms with Crippen LogP contribution in [0.3, 0.4) is 0 Å². The van der Waals surface area contributed by atoms with Crippen molar-refractivity contribution < 1.29 is 9.53 Å². The Labute approximate surface area is 92.4 Å². The number of benzene rings is 1. The van der Waals surface area contributed by atoms with Crippen LogP contribution in [0.25, 0.3) is 0 Å². The molecule has 0 saturated carbocycles. The van der Waals surface area contributed by atoms with E-state index in [1.54, 1.807) is 0 Å². The average molecular weight is 257 g/mol. The Balaban J connectivity index is 2.39. The van der Waals surface area contributed by atoms with E-state index < -0.39 is 0 Å². The summed E-state index contributed by atoms with van der Waals surface area (Å²) in [5.74, 6) is 1.02. The van der Waals surface area contributed by atoms with Crippen LogP contribution in [0.4, 0.5) is 0 Å². The van der Waals surface area contributed by atoms with Gasteiger partial charge in [-0.3, -0.25) is 4.79 Å². The Bertz CT molecular complexity index is 310. The molecule has 1 rings (SSSR count). The molecule has 0 amide bonds. The summed E-state index contributed by atoms with van der Waals surface area (Å²) >= 11 is 3.11. The molecule has 0 unspecified atom stereocenters. The third-order valence-electron chi connectivity index (χ3n) is 1.88. The second-order valence-corrected chi connectivity index (χ2v) is 3.60. The zero-order valence-corrected chi connectivity index (χ0v) is 9.71. The fourth-order valence-corrected chi connectivity index (χ4v) is 1.34. The summed E-state index contributed by atoms with van der Waals surface area (Å²) in [5.41, 5.74) is 1.10. The van der Waals surface area contributed by atoms with E-state index in [4.69, 9.17) is 4.74 Å². The highest BCUT2D eigenvalue weighted by Gasteiger charge is 2.01. The Kier molecular flexibility index (Phi) is 4.66. The summed E-state index contributed by atoms with van der Waals surface area (Å²) in [4.78, 5) is 11.0. The number of para-hydroxylation sites is 1. The molecule has 3 heteroatoms. The molecule has 0 N–H and O–H groups in total. The van der Waals surface area contributed by atoms with Gasteiger partial charge in [0.15, 0.2) is 0 Å². The van der Waals surface area contributed by atoms with Crippen molar-refractivity contribution in [1.82, 2.24) is 0 Å². The van der Waals surface area contributed by atoms with Crippen molar-refractivity contribution in [2.75, 3.05) is 11.9 Å². The van der Waals surface area contributed by atoms with Crippen molar-refractivity contribution >= 4 is 21.7 Å². The molecular formula is C11H13BrO2. The zero-order chi connectivity index (χ0) is 10.4. The van der Waals surface area contributed by atoms with Crippen LogP contribution >= 0.6 is 15.9 Å². The van der Waals surface area contributed by atoms with E-state index in [-0.39, 0.29) is 5.78 Å².